The number of esters is 3. The van der Waals surface area contributed by atoms with Gasteiger partial charge in [-0.3, -0.25) is 24.2 Å². The first-order chi connectivity index (χ1) is 40.5. The molecule has 1 N–H and O–H groups in total. The number of hydrogen-bond donors (Lipinski definition) is 1. The topological polar surface area (TPSA) is 263 Å². The summed E-state index contributed by atoms with van der Waals surface area (Å²) in [7, 11) is 6.43. The fourth-order valence-corrected chi connectivity index (χ4v) is 12.9. The summed E-state index contributed by atoms with van der Waals surface area (Å²) in [5.74, 6) is -8.63. The van der Waals surface area contributed by atoms with Crippen molar-refractivity contribution in [3.05, 3.63) is 30.1 Å². The molecule has 22 atom stereocenters. The summed E-state index contributed by atoms with van der Waals surface area (Å²) >= 11 is 0. The lowest BCUT2D eigenvalue weighted by molar-refractivity contribution is -0.295. The van der Waals surface area contributed by atoms with Crippen LogP contribution in [0.1, 0.15) is 142 Å². The number of nitrogens with zero attached hydrogens (tertiary/aromatic N) is 3. The molecule has 0 saturated carbocycles. The van der Waals surface area contributed by atoms with Gasteiger partial charge in [0.05, 0.1) is 55.1 Å². The molecule has 4 fully saturated rings. The molecule has 23 nitrogen and oxygen atoms in total. The Kier molecular flexibility index (Phi) is 27.8. The second kappa shape index (κ2) is 33.2. The maximum atomic E-state index is 16.0. The van der Waals surface area contributed by atoms with E-state index in [0.717, 1.165) is 5.56 Å². The van der Waals surface area contributed by atoms with E-state index in [0.29, 0.717) is 25.1 Å². The Labute approximate surface area is 509 Å². The minimum Gasteiger partial charge on any atom is -0.461 e. The molecule has 0 bridgehead atoms. The number of carbonyl (C=O) groups is 6. The van der Waals surface area contributed by atoms with Crippen molar-refractivity contribution in [2.75, 3.05) is 48.1 Å². The standard InChI is InChI=1S/C63H102N4O19/c1-33(2)26-49(70)82-53-41(10)52(35(4)32-77-60-57(75-18)55(74-17)47(28-37(6)68)44(13)80-60)84-59(72)43(12)54(83-50-27-36(5)67(16)31-39(8)78-50)40(9)51(85-61-56(81-45(14)69)48(66-76-19)29-38(7)79-61)34(3)30-63(15,58(71)42(53)11)86-62(73)65-25-22-46-20-23-64-24-21-46/h20-21,23-24,33-36,38-44,47,50-57,60-61H,22,25-32H2,1-19H3,(H,65,73)/t34-,35-,36-,38+,39-,40+,41-,42+,43+,44+,47+,50-,51-,52+,53+,54-,55+,56+,57+,60+,61-,63-/m0/s1. The first-order valence-electron chi connectivity index (χ1n) is 30.7. The van der Waals surface area contributed by atoms with Crippen molar-refractivity contribution in [1.82, 2.24) is 15.2 Å². The number of oxime groups is 1. The Morgan fingerprint density at radius 1 is 0.814 bits per heavy atom. The Morgan fingerprint density at radius 3 is 2.10 bits per heavy atom. The molecule has 0 spiro atoms. The lowest BCUT2D eigenvalue weighted by Gasteiger charge is -2.45. The number of aromatic nitrogens is 1. The fourth-order valence-electron chi connectivity index (χ4n) is 12.9. The van der Waals surface area contributed by atoms with E-state index in [4.69, 9.17) is 61.7 Å². The highest BCUT2D eigenvalue weighted by atomic mass is 16.7. The van der Waals surface area contributed by atoms with Crippen LogP contribution in [0.15, 0.2) is 29.7 Å². The lowest BCUT2D eigenvalue weighted by atomic mass is 9.74. The Bertz CT molecular complexity index is 2380. The summed E-state index contributed by atoms with van der Waals surface area (Å²) in [5.41, 5.74) is -0.743. The number of alkyl carbamates (subject to hydrolysis) is 1. The van der Waals surface area contributed by atoms with Gasteiger partial charge in [0.2, 0.25) is 6.29 Å². The highest BCUT2D eigenvalue weighted by Crippen LogP contribution is 2.41. The van der Waals surface area contributed by atoms with E-state index in [2.05, 4.69) is 27.3 Å². The van der Waals surface area contributed by atoms with E-state index in [9.17, 15) is 19.2 Å². The van der Waals surface area contributed by atoms with Gasteiger partial charge in [-0.15, -0.1) is 0 Å². The van der Waals surface area contributed by atoms with E-state index in [1.54, 1.807) is 40.3 Å². The quantitative estimate of drug-likeness (QED) is 0.0711. The number of methoxy groups -OCH3 is 2. The maximum absolute atomic E-state index is 16.0. The van der Waals surface area contributed by atoms with E-state index < -0.39 is 145 Å². The molecular weight excluding hydrogens is 1120 g/mol. The number of ether oxygens (including phenoxy) is 12. The predicted octanol–water partition coefficient (Wildman–Crippen LogP) is 7.45. The molecule has 5 heterocycles. The second-order valence-electron chi connectivity index (χ2n) is 25.4. The number of rotatable bonds is 21. The molecule has 0 aromatic carbocycles. The largest absolute Gasteiger partial charge is 0.461 e. The van der Waals surface area contributed by atoms with Gasteiger partial charge in [0.25, 0.3) is 0 Å². The summed E-state index contributed by atoms with van der Waals surface area (Å²) in [5, 5.41) is 7.08. The monoisotopic (exact) mass is 1220 g/mol. The van der Waals surface area contributed by atoms with Crippen LogP contribution < -0.4 is 5.32 Å². The minimum absolute atomic E-state index is 0.00491. The highest BCUT2D eigenvalue weighted by molar-refractivity contribution is 5.92. The van der Waals surface area contributed by atoms with Crippen molar-refractivity contribution in [3.8, 4) is 0 Å². The second-order valence-corrected chi connectivity index (χ2v) is 25.4. The molecule has 4 aliphatic heterocycles. The summed E-state index contributed by atoms with van der Waals surface area (Å²) < 4.78 is 77.9. The number of nitrogens with one attached hydrogen (secondary N) is 1. The van der Waals surface area contributed by atoms with Gasteiger partial charge in [-0.1, -0.05) is 53.6 Å². The molecule has 1 amide bonds. The van der Waals surface area contributed by atoms with Gasteiger partial charge in [0.15, 0.2) is 30.1 Å². The number of Topliss-reactive ketones (excluding diaryl/α,β-unsaturated/α-hetero) is 2. The summed E-state index contributed by atoms with van der Waals surface area (Å²) in [6.07, 6.45) is -8.14. The van der Waals surface area contributed by atoms with Crippen LogP contribution in [0.25, 0.3) is 0 Å². The summed E-state index contributed by atoms with van der Waals surface area (Å²) in [4.78, 5) is 96.9. The van der Waals surface area contributed by atoms with Crippen molar-refractivity contribution < 1.29 is 90.4 Å². The van der Waals surface area contributed by atoms with Crippen LogP contribution in [0, 0.1) is 47.3 Å². The van der Waals surface area contributed by atoms with Gasteiger partial charge in [0.1, 0.15) is 36.9 Å². The van der Waals surface area contributed by atoms with Gasteiger partial charge < -0.3 is 76.7 Å². The van der Waals surface area contributed by atoms with Crippen molar-refractivity contribution >= 4 is 41.3 Å². The molecule has 5 rings (SSSR count). The van der Waals surface area contributed by atoms with Crippen LogP contribution in [0.2, 0.25) is 0 Å². The Morgan fingerprint density at radius 2 is 1.49 bits per heavy atom. The molecule has 1 aromatic rings. The average Bonchev–Trinajstić information content (AvgIpc) is 2.28. The zero-order chi connectivity index (χ0) is 63.9. The number of carbonyl (C=O) groups excluding carboxylic acids is 6. The third kappa shape index (κ3) is 19.6. The SMILES string of the molecule is CON=C1C[C@@H](C)O[C@@H](O[C@@H]2[C@@H](C)[C@H](O[C@H]3C[C@H](C)N(C)C[C@H](C)O3)[C@@H](C)C(=O)O[C@H]([C@@H](C)CO[C@@H]3O[C@H](C)[C@@H](CC(C)=O)[C@@H](OC)[C@H]3OC)[C@H](C)[C@@H](OC(=O)CC(C)C)[C@@H](C)C(=O)[C@@](C)(OC(=O)NCCc3ccncc3)C[C@@H]2C)[C@@H]1OC(C)=O. The average molecular weight is 1220 g/mol. The van der Waals surface area contributed by atoms with Crippen molar-refractivity contribution in [2.24, 2.45) is 52.5 Å². The fraction of sp³-hybridized carbons (Fsp3) is 0.810. The number of ketones is 2. The molecule has 4 saturated heterocycles. The summed E-state index contributed by atoms with van der Waals surface area (Å²) in [6.45, 7) is 26.9. The molecular formula is C63H102N4O19. The van der Waals surface area contributed by atoms with Crippen LogP contribution in [0.3, 0.4) is 0 Å². The molecule has 23 heteroatoms. The Hall–Kier alpha value is -4.72. The first kappa shape index (κ1) is 72.0. The van der Waals surface area contributed by atoms with Crippen molar-refractivity contribution in [1.29, 1.82) is 0 Å². The number of hydrogen-bond acceptors (Lipinski definition) is 22. The number of amides is 1. The molecule has 488 valence electrons. The molecule has 0 unspecified atom stereocenters. The number of cyclic esters (lactones) is 1. The van der Waals surface area contributed by atoms with Crippen LogP contribution in [-0.4, -0.2) is 191 Å². The normalized spacial score (nSPS) is 37.1. The smallest absolute Gasteiger partial charge is 0.408 e. The first-order valence-corrected chi connectivity index (χ1v) is 30.7. The van der Waals surface area contributed by atoms with Crippen LogP contribution >= 0.6 is 0 Å². The van der Waals surface area contributed by atoms with Crippen molar-refractivity contribution in [3.63, 3.8) is 0 Å². The van der Waals surface area contributed by atoms with Crippen LogP contribution in [0.5, 0.6) is 0 Å². The van der Waals surface area contributed by atoms with Gasteiger partial charge in [-0.2, -0.15) is 0 Å². The van der Waals surface area contributed by atoms with Gasteiger partial charge in [-0.05, 0) is 97.9 Å². The molecule has 4 aliphatic rings. The molecule has 1 aromatic heterocycles. The maximum Gasteiger partial charge on any atom is 0.408 e. The van der Waals surface area contributed by atoms with E-state index >= 15 is 9.59 Å². The highest BCUT2D eigenvalue weighted by Gasteiger charge is 2.53. The number of likely N-dealkylation sites (N-methyl/N-ethyl adjacent to an activating group) is 1. The third-order valence-electron chi connectivity index (χ3n) is 17.4. The predicted molar refractivity (Wildman–Crippen MR) is 315 cm³/mol. The zero-order valence-electron chi connectivity index (χ0n) is 54.5. The van der Waals surface area contributed by atoms with Crippen LogP contribution in [-0.2, 0) is 92.1 Å². The molecule has 0 aliphatic carbocycles. The van der Waals surface area contributed by atoms with E-state index in [1.807, 2.05) is 74.6 Å². The Balaban J connectivity index is 1.72. The van der Waals surface area contributed by atoms with Gasteiger partial charge in [0, 0.05) is 102 Å². The third-order valence-corrected chi connectivity index (χ3v) is 17.4. The summed E-state index contributed by atoms with van der Waals surface area (Å²) in [6, 6.07) is 3.65. The van der Waals surface area contributed by atoms with Crippen LogP contribution in [0.4, 0.5) is 4.79 Å². The molecule has 0 radical (unpaired) electrons. The van der Waals surface area contributed by atoms with Gasteiger partial charge in [-0.25, -0.2) is 4.79 Å². The van der Waals surface area contributed by atoms with E-state index in [-0.39, 0.29) is 68.6 Å². The number of pyridine rings is 1. The van der Waals surface area contributed by atoms with Gasteiger partial charge >= 0.3 is 24.0 Å². The van der Waals surface area contributed by atoms with E-state index in [1.165, 1.54) is 35.0 Å². The zero-order valence-corrected chi connectivity index (χ0v) is 54.5. The minimum atomic E-state index is -1.99. The molecule has 86 heavy (non-hydrogen) atoms. The van der Waals surface area contributed by atoms with Crippen molar-refractivity contribution in [2.45, 2.75) is 234 Å². The lowest BCUT2D eigenvalue weighted by Crippen LogP contribution is -2.57.